The Labute approximate surface area is 170 Å². The van der Waals surface area contributed by atoms with Crippen molar-refractivity contribution in [3.05, 3.63) is 87.8 Å². The molecule has 3 rings (SSSR count). The molecule has 0 N–H and O–H groups in total. The highest BCUT2D eigenvalue weighted by Gasteiger charge is 2.06. The van der Waals surface area contributed by atoms with Crippen LogP contribution in [0.15, 0.2) is 82.6 Å². The topological polar surface area (TPSA) is 106 Å². The highest BCUT2D eigenvalue weighted by atomic mass is 32.2. The Bertz CT molecular complexity index is 1190. The van der Waals surface area contributed by atoms with Crippen LogP contribution in [-0.2, 0) is 20.0 Å². The lowest BCUT2D eigenvalue weighted by Gasteiger charge is -2.25. The lowest BCUT2D eigenvalue weighted by atomic mass is 10.2. The van der Waals surface area contributed by atoms with Crippen LogP contribution < -0.4 is 4.74 Å². The van der Waals surface area contributed by atoms with E-state index in [4.69, 9.17) is 4.74 Å². The third-order valence-electron chi connectivity index (χ3n) is 3.98. The Morgan fingerprint density at radius 2 is 1.00 bits per heavy atom. The molecule has 3 aromatic rings. The minimum absolute atomic E-state index is 0.0222. The summed E-state index contributed by atoms with van der Waals surface area (Å²) in [4.78, 5) is 0.105. The lowest BCUT2D eigenvalue weighted by Crippen LogP contribution is -1.98. The summed E-state index contributed by atoms with van der Waals surface area (Å²) in [7, 11) is -6.29. The van der Waals surface area contributed by atoms with E-state index in [9.17, 15) is 16.8 Å². The van der Waals surface area contributed by atoms with Crippen LogP contribution in [0, 0.1) is 6.92 Å². The summed E-state index contributed by atoms with van der Waals surface area (Å²) < 4.78 is 62.1. The lowest BCUT2D eigenvalue weighted by molar-refractivity contribution is 0.414. The van der Waals surface area contributed by atoms with E-state index in [1.54, 1.807) is 12.1 Å². The van der Waals surface area contributed by atoms with Gasteiger partial charge in [0.2, 0.25) is 0 Å². The molecule has 0 heterocycles. The van der Waals surface area contributed by atoms with Crippen molar-refractivity contribution in [1.82, 2.24) is 0 Å². The molecule has 152 valence electrons. The standard InChI is InChI=1S/C20H18N2O5S2/c1-15-3-11-19(12-4-15)28(23,24)21-16-5-7-17(8-6-16)22-29(25,26)20-13-9-18(27-2)10-14-20/h3-14H,1-2H3/q-2. The largest absolute Gasteiger partial charge is 0.573 e. The van der Waals surface area contributed by atoms with Gasteiger partial charge in [0.25, 0.3) is 0 Å². The molecule has 29 heavy (non-hydrogen) atoms. The van der Waals surface area contributed by atoms with Gasteiger partial charge in [0.1, 0.15) is 25.8 Å². The molecule has 0 aromatic heterocycles. The van der Waals surface area contributed by atoms with Crippen LogP contribution in [0.1, 0.15) is 5.56 Å². The number of benzene rings is 3. The predicted octanol–water partition coefficient (Wildman–Crippen LogP) is 4.79. The fraction of sp³-hybridized carbons (Fsp3) is 0.100. The second-order valence-electron chi connectivity index (χ2n) is 6.14. The maximum Gasteiger partial charge on any atom is 0.123 e. The van der Waals surface area contributed by atoms with Crippen LogP contribution >= 0.6 is 0 Å². The van der Waals surface area contributed by atoms with Crippen molar-refractivity contribution < 1.29 is 21.6 Å². The van der Waals surface area contributed by atoms with Crippen LogP contribution in [0.5, 0.6) is 5.75 Å². The molecule has 0 bridgehead atoms. The first-order chi connectivity index (χ1) is 13.7. The van der Waals surface area contributed by atoms with E-state index < -0.39 is 20.0 Å². The first-order valence-corrected chi connectivity index (χ1v) is 11.3. The molecule has 9 heteroatoms. The van der Waals surface area contributed by atoms with E-state index in [1.165, 1.54) is 67.8 Å². The summed E-state index contributed by atoms with van der Waals surface area (Å²) in [6.45, 7) is 1.86. The van der Waals surface area contributed by atoms with Gasteiger partial charge in [0, 0.05) is 0 Å². The van der Waals surface area contributed by atoms with Gasteiger partial charge in [-0.15, -0.1) is 11.4 Å². The molecule has 0 fully saturated rings. The van der Waals surface area contributed by atoms with Crippen LogP contribution in [0.4, 0.5) is 11.4 Å². The third kappa shape index (κ3) is 5.07. The van der Waals surface area contributed by atoms with Crippen molar-refractivity contribution in [2.75, 3.05) is 7.11 Å². The van der Waals surface area contributed by atoms with E-state index in [0.29, 0.717) is 5.75 Å². The molecule has 0 saturated heterocycles. The first-order valence-electron chi connectivity index (χ1n) is 8.46. The summed E-state index contributed by atoms with van der Waals surface area (Å²) in [5, 5.41) is 0. The van der Waals surface area contributed by atoms with E-state index in [1.807, 2.05) is 6.92 Å². The Kier molecular flexibility index (Phi) is 5.81. The number of hydrogen-bond donors (Lipinski definition) is 0. The van der Waals surface area contributed by atoms with E-state index in [2.05, 4.69) is 9.44 Å². The molecule has 0 unspecified atom stereocenters. The SMILES string of the molecule is COc1ccc(S(=O)(=O)[N-]c2ccc([N-]S(=O)(=O)c3ccc(C)cc3)cc2)cc1. The summed E-state index contributed by atoms with van der Waals surface area (Å²) in [6, 6.07) is 17.8. The number of nitrogens with zero attached hydrogens (tertiary/aromatic N) is 2. The second-order valence-corrected chi connectivity index (χ2v) is 9.35. The maximum absolute atomic E-state index is 12.4. The van der Waals surface area contributed by atoms with Crippen molar-refractivity contribution in [1.29, 1.82) is 0 Å². The number of aryl methyl sites for hydroxylation is 1. The fourth-order valence-corrected chi connectivity index (χ4v) is 4.38. The van der Waals surface area contributed by atoms with Gasteiger partial charge >= 0.3 is 0 Å². The normalized spacial score (nSPS) is 11.7. The molecule has 7 nitrogen and oxygen atoms in total. The van der Waals surface area contributed by atoms with Crippen molar-refractivity contribution in [3.8, 4) is 5.75 Å². The summed E-state index contributed by atoms with van der Waals surface area (Å²) in [5.74, 6) is 0.532. The van der Waals surface area contributed by atoms with Gasteiger partial charge in [-0.1, -0.05) is 42.0 Å². The highest BCUT2D eigenvalue weighted by Crippen LogP contribution is 2.33. The smallest absolute Gasteiger partial charge is 0.123 e. The molecule has 0 amide bonds. The van der Waals surface area contributed by atoms with Crippen molar-refractivity contribution in [3.63, 3.8) is 0 Å². The highest BCUT2D eigenvalue weighted by molar-refractivity contribution is 7.94. The maximum atomic E-state index is 12.4. The molecule has 0 aliphatic carbocycles. The quantitative estimate of drug-likeness (QED) is 0.536. The second kappa shape index (κ2) is 8.14. The van der Waals surface area contributed by atoms with Crippen LogP contribution in [-0.4, -0.2) is 23.9 Å². The number of ether oxygens (including phenoxy) is 1. The zero-order valence-electron chi connectivity index (χ0n) is 15.7. The van der Waals surface area contributed by atoms with Crippen LogP contribution in [0.25, 0.3) is 9.44 Å². The molecule has 0 saturated carbocycles. The molecule has 0 aliphatic rings. The van der Waals surface area contributed by atoms with Crippen molar-refractivity contribution >= 4 is 31.4 Å². The predicted molar refractivity (Wildman–Crippen MR) is 111 cm³/mol. The number of hydrogen-bond acceptors (Lipinski definition) is 5. The van der Waals surface area contributed by atoms with Gasteiger partial charge in [0.15, 0.2) is 0 Å². The molecule has 0 spiro atoms. The molecule has 0 radical (unpaired) electrons. The number of sulfonamides is 2. The minimum Gasteiger partial charge on any atom is -0.573 e. The molecular formula is C20H18N2O5S2-2. The first kappa shape index (κ1) is 20.7. The van der Waals surface area contributed by atoms with Gasteiger partial charge in [-0.2, -0.15) is 0 Å². The van der Waals surface area contributed by atoms with E-state index in [-0.39, 0.29) is 21.2 Å². The van der Waals surface area contributed by atoms with Crippen LogP contribution in [0.2, 0.25) is 0 Å². The van der Waals surface area contributed by atoms with E-state index in [0.717, 1.165) is 5.56 Å². The van der Waals surface area contributed by atoms with Gasteiger partial charge in [-0.3, -0.25) is 0 Å². The van der Waals surface area contributed by atoms with Gasteiger partial charge in [-0.25, -0.2) is 16.8 Å². The molecular weight excluding hydrogens is 412 g/mol. The van der Waals surface area contributed by atoms with Gasteiger partial charge < -0.3 is 14.2 Å². The number of rotatable bonds is 7. The average Bonchev–Trinajstić information content (AvgIpc) is 2.69. The monoisotopic (exact) mass is 430 g/mol. The Hall–Kier alpha value is -3.04. The summed E-state index contributed by atoms with van der Waals surface area (Å²) in [5.41, 5.74) is 1.27. The minimum atomic E-state index is -3.91. The molecule has 0 aliphatic heterocycles. The Morgan fingerprint density at radius 1 is 0.621 bits per heavy atom. The van der Waals surface area contributed by atoms with Crippen LogP contribution in [0.3, 0.4) is 0 Å². The average molecular weight is 431 g/mol. The molecule has 0 atom stereocenters. The molecule has 3 aromatic carbocycles. The van der Waals surface area contributed by atoms with Gasteiger partial charge in [-0.05, 0) is 43.3 Å². The van der Waals surface area contributed by atoms with E-state index >= 15 is 0 Å². The fourth-order valence-electron chi connectivity index (χ4n) is 2.42. The van der Waals surface area contributed by atoms with Crippen molar-refractivity contribution in [2.24, 2.45) is 0 Å². The Morgan fingerprint density at radius 3 is 1.38 bits per heavy atom. The number of methoxy groups -OCH3 is 1. The zero-order chi connectivity index (χ0) is 21.1. The van der Waals surface area contributed by atoms with Crippen molar-refractivity contribution in [2.45, 2.75) is 16.7 Å². The summed E-state index contributed by atoms with van der Waals surface area (Å²) >= 11 is 0. The van der Waals surface area contributed by atoms with Gasteiger partial charge in [0.05, 0.1) is 16.9 Å². The Balaban J connectivity index is 1.73. The summed E-state index contributed by atoms with van der Waals surface area (Å²) in [6.07, 6.45) is 0. The third-order valence-corrected chi connectivity index (χ3v) is 6.62. The zero-order valence-corrected chi connectivity index (χ0v) is 17.3.